The van der Waals surface area contributed by atoms with E-state index in [4.69, 9.17) is 15.3 Å². The van der Waals surface area contributed by atoms with E-state index in [0.717, 1.165) is 0 Å². The molecule has 0 fully saturated rings. The van der Waals surface area contributed by atoms with Crippen molar-refractivity contribution < 1.29 is 14.3 Å². The maximum absolute atomic E-state index is 10.5. The van der Waals surface area contributed by atoms with Crippen LogP contribution in [0.15, 0.2) is 22.7 Å². The van der Waals surface area contributed by atoms with E-state index >= 15 is 0 Å². The Bertz CT molecular complexity index is 446. The summed E-state index contributed by atoms with van der Waals surface area (Å²) in [4.78, 5) is 18.3. The third-order valence-corrected chi connectivity index (χ3v) is 1.72. The molecule has 2 rings (SSSR count). The zero-order valence-corrected chi connectivity index (χ0v) is 7.04. The van der Waals surface area contributed by atoms with Crippen molar-refractivity contribution in [3.8, 4) is 0 Å². The molecule has 2 heterocycles. The quantitative estimate of drug-likeness (QED) is 0.711. The van der Waals surface area contributed by atoms with Gasteiger partial charge >= 0.3 is 5.97 Å². The molecule has 0 spiro atoms. The van der Waals surface area contributed by atoms with Crippen LogP contribution in [0.1, 0.15) is 11.9 Å². The van der Waals surface area contributed by atoms with Crippen molar-refractivity contribution in [2.75, 3.05) is 0 Å². The Morgan fingerprint density at radius 1 is 1.64 bits per heavy atom. The summed E-state index contributed by atoms with van der Waals surface area (Å²) < 4.78 is 5.06. The van der Waals surface area contributed by atoms with Gasteiger partial charge in [-0.1, -0.05) is 0 Å². The lowest BCUT2D eigenvalue weighted by Gasteiger charge is -1.97. The van der Waals surface area contributed by atoms with Crippen molar-refractivity contribution >= 4 is 17.2 Å². The minimum Gasteiger partial charge on any atom is -0.480 e. The van der Waals surface area contributed by atoms with Crippen molar-refractivity contribution in [3.63, 3.8) is 0 Å². The zero-order valence-electron chi connectivity index (χ0n) is 7.04. The predicted molar refractivity (Wildman–Crippen MR) is 46.4 cm³/mol. The lowest BCUT2D eigenvalue weighted by Crippen LogP contribution is -2.20. The second-order valence-corrected chi connectivity index (χ2v) is 2.70. The highest BCUT2D eigenvalue weighted by atomic mass is 16.4. The molecule has 0 aliphatic heterocycles. The summed E-state index contributed by atoms with van der Waals surface area (Å²) in [6, 6.07) is 2.11. The van der Waals surface area contributed by atoms with Gasteiger partial charge in [-0.3, -0.25) is 0 Å². The van der Waals surface area contributed by atoms with E-state index in [2.05, 4.69) is 9.97 Å². The molecular formula is C8H7N3O3. The molecule has 6 heteroatoms. The summed E-state index contributed by atoms with van der Waals surface area (Å²) in [6.07, 6.45) is 1.53. The van der Waals surface area contributed by atoms with Gasteiger partial charge in [0.15, 0.2) is 6.04 Å². The van der Waals surface area contributed by atoms with Gasteiger partial charge in [0.1, 0.15) is 5.52 Å². The summed E-state index contributed by atoms with van der Waals surface area (Å²) in [6.45, 7) is 0. The molecule has 6 nitrogen and oxygen atoms in total. The van der Waals surface area contributed by atoms with Gasteiger partial charge in [-0.2, -0.15) is 0 Å². The van der Waals surface area contributed by atoms with E-state index in [9.17, 15) is 4.79 Å². The summed E-state index contributed by atoms with van der Waals surface area (Å²) in [5, 5.41) is 8.62. The molecule has 14 heavy (non-hydrogen) atoms. The maximum Gasteiger partial charge on any atom is 0.330 e. The van der Waals surface area contributed by atoms with Crippen LogP contribution in [0.2, 0.25) is 0 Å². The van der Waals surface area contributed by atoms with Gasteiger partial charge in [0.25, 0.3) is 0 Å². The summed E-state index contributed by atoms with van der Waals surface area (Å²) in [5.41, 5.74) is 6.11. The molecule has 3 N–H and O–H groups in total. The monoisotopic (exact) mass is 193 g/mol. The van der Waals surface area contributed by atoms with Crippen molar-refractivity contribution in [2.24, 2.45) is 5.73 Å². The molecule has 0 aliphatic carbocycles. The van der Waals surface area contributed by atoms with Gasteiger partial charge in [0, 0.05) is 6.20 Å². The number of hydrogen-bond donors (Lipinski definition) is 2. The number of fused-ring (bicyclic) bond motifs is 1. The average Bonchev–Trinajstić information content (AvgIpc) is 2.59. The van der Waals surface area contributed by atoms with Crippen LogP contribution >= 0.6 is 0 Å². The third kappa shape index (κ3) is 1.31. The molecule has 2 aromatic rings. The zero-order chi connectivity index (χ0) is 10.1. The number of hydrogen-bond acceptors (Lipinski definition) is 5. The van der Waals surface area contributed by atoms with E-state index < -0.39 is 12.0 Å². The summed E-state index contributed by atoms with van der Waals surface area (Å²) in [5.74, 6) is -1.22. The Labute approximate surface area is 78.4 Å². The van der Waals surface area contributed by atoms with Gasteiger partial charge in [-0.25, -0.2) is 14.8 Å². The normalized spacial score (nSPS) is 12.9. The maximum atomic E-state index is 10.5. The Morgan fingerprint density at radius 3 is 3.07 bits per heavy atom. The molecule has 0 aromatic carbocycles. The first-order chi connectivity index (χ1) is 6.68. The fourth-order valence-electron chi connectivity index (χ4n) is 1.03. The molecule has 0 aliphatic rings. The topological polar surface area (TPSA) is 102 Å². The highest BCUT2D eigenvalue weighted by molar-refractivity contribution is 5.75. The fourth-order valence-corrected chi connectivity index (χ4v) is 1.03. The van der Waals surface area contributed by atoms with Crippen LogP contribution in [0.4, 0.5) is 0 Å². The van der Waals surface area contributed by atoms with Crippen molar-refractivity contribution in [3.05, 3.63) is 24.2 Å². The number of nitrogens with zero attached hydrogens (tertiary/aromatic N) is 2. The largest absolute Gasteiger partial charge is 0.480 e. The van der Waals surface area contributed by atoms with Crippen LogP contribution in [0, 0.1) is 0 Å². The first-order valence-corrected chi connectivity index (χ1v) is 3.88. The number of pyridine rings is 1. The molecule has 1 atom stereocenters. The van der Waals surface area contributed by atoms with Crippen LogP contribution < -0.4 is 5.73 Å². The molecule has 0 saturated carbocycles. The number of carboxylic acid groups (broad SMARTS) is 1. The highest BCUT2D eigenvalue weighted by Gasteiger charge is 2.20. The first-order valence-electron chi connectivity index (χ1n) is 3.88. The Balaban J connectivity index is 2.50. The number of carboxylic acids is 1. The molecule has 0 radical (unpaired) electrons. The fraction of sp³-hybridized carbons (Fsp3) is 0.125. The van der Waals surface area contributed by atoms with Gasteiger partial charge < -0.3 is 15.3 Å². The molecule has 0 saturated heterocycles. The van der Waals surface area contributed by atoms with Gasteiger partial charge in [-0.05, 0) is 12.1 Å². The highest BCUT2D eigenvalue weighted by Crippen LogP contribution is 2.16. The van der Waals surface area contributed by atoms with Crippen LogP contribution in [0.3, 0.4) is 0 Å². The second kappa shape index (κ2) is 3.08. The Hall–Kier alpha value is -1.95. The van der Waals surface area contributed by atoms with E-state index in [0.29, 0.717) is 11.2 Å². The van der Waals surface area contributed by atoms with Gasteiger partial charge in [0.05, 0.1) is 0 Å². The SMILES string of the molecule is NC(C(=O)O)c1nc2cccnc2o1. The number of aromatic nitrogens is 2. The first kappa shape index (κ1) is 8.64. The second-order valence-electron chi connectivity index (χ2n) is 2.70. The van der Waals surface area contributed by atoms with Crippen LogP contribution in [0.5, 0.6) is 0 Å². The van der Waals surface area contributed by atoms with Crippen molar-refractivity contribution in [1.29, 1.82) is 0 Å². The molecule has 72 valence electrons. The average molecular weight is 193 g/mol. The predicted octanol–water partition coefficient (Wildman–Crippen LogP) is 0.307. The van der Waals surface area contributed by atoms with Crippen LogP contribution in [-0.4, -0.2) is 21.0 Å². The van der Waals surface area contributed by atoms with E-state index in [1.807, 2.05) is 0 Å². The number of carbonyl (C=O) groups is 1. The lowest BCUT2D eigenvalue weighted by atomic mass is 10.3. The van der Waals surface area contributed by atoms with E-state index in [1.165, 1.54) is 6.20 Å². The Morgan fingerprint density at radius 2 is 2.43 bits per heavy atom. The third-order valence-electron chi connectivity index (χ3n) is 1.72. The van der Waals surface area contributed by atoms with Crippen molar-refractivity contribution in [1.82, 2.24) is 9.97 Å². The van der Waals surface area contributed by atoms with Crippen molar-refractivity contribution in [2.45, 2.75) is 6.04 Å². The molecular weight excluding hydrogens is 186 g/mol. The number of nitrogens with two attached hydrogens (primary N) is 1. The number of rotatable bonds is 2. The van der Waals surface area contributed by atoms with Crippen LogP contribution in [-0.2, 0) is 4.79 Å². The standard InChI is InChI=1S/C8H7N3O3/c9-5(8(12)13)7-11-4-2-1-3-10-6(4)14-7/h1-3,5H,9H2,(H,12,13). The molecule has 0 bridgehead atoms. The summed E-state index contributed by atoms with van der Waals surface area (Å²) >= 11 is 0. The minimum atomic E-state index is -1.25. The number of oxazole rings is 1. The molecule has 1 unspecified atom stereocenters. The number of aliphatic carboxylic acids is 1. The molecule has 2 aromatic heterocycles. The smallest absolute Gasteiger partial charge is 0.330 e. The Kier molecular flexibility index (Phi) is 1.90. The lowest BCUT2D eigenvalue weighted by molar-refractivity contribution is -0.139. The van der Waals surface area contributed by atoms with Gasteiger partial charge in [0.2, 0.25) is 11.6 Å². The summed E-state index contributed by atoms with van der Waals surface area (Å²) in [7, 11) is 0. The van der Waals surface area contributed by atoms with E-state index in [1.54, 1.807) is 12.1 Å². The minimum absolute atomic E-state index is 0.0359. The van der Waals surface area contributed by atoms with E-state index in [-0.39, 0.29) is 5.89 Å². The molecule has 0 amide bonds. The van der Waals surface area contributed by atoms with Crippen LogP contribution in [0.25, 0.3) is 11.2 Å². The van der Waals surface area contributed by atoms with Gasteiger partial charge in [-0.15, -0.1) is 0 Å².